The Morgan fingerprint density at radius 3 is 2.59 bits per heavy atom. The number of halogens is 4. The van der Waals surface area contributed by atoms with Gasteiger partial charge in [-0.15, -0.1) is 10.2 Å². The number of fused-ring (bicyclic) bond motifs is 2. The number of amides is 1. The molecule has 0 saturated carbocycles. The third-order valence-corrected chi connectivity index (χ3v) is 6.57. The first-order chi connectivity index (χ1) is 18.5. The van der Waals surface area contributed by atoms with Gasteiger partial charge in [0.05, 0.1) is 18.8 Å². The van der Waals surface area contributed by atoms with E-state index in [0.29, 0.717) is 41.6 Å². The fourth-order valence-corrected chi connectivity index (χ4v) is 4.20. The quantitative estimate of drug-likeness (QED) is 0.348. The highest BCUT2D eigenvalue weighted by Gasteiger charge is 2.42. The molecule has 0 aromatic carbocycles. The van der Waals surface area contributed by atoms with Gasteiger partial charge in [0.25, 0.3) is 5.92 Å². The molecule has 5 rings (SSSR count). The molecule has 0 bridgehead atoms. The van der Waals surface area contributed by atoms with Crippen LogP contribution in [0.4, 0.5) is 29.3 Å². The molecule has 1 saturated heterocycles. The average Bonchev–Trinajstić information content (AvgIpc) is 3.52. The lowest BCUT2D eigenvalue weighted by Gasteiger charge is -2.36. The average molecular weight is 551 g/mol. The zero-order valence-electron chi connectivity index (χ0n) is 22.0. The summed E-state index contributed by atoms with van der Waals surface area (Å²) in [6.07, 6.45) is -0.498. The van der Waals surface area contributed by atoms with Crippen LogP contribution in [-0.2, 0) is 11.3 Å². The van der Waals surface area contributed by atoms with Gasteiger partial charge >= 0.3 is 0 Å². The zero-order chi connectivity index (χ0) is 28.3. The van der Waals surface area contributed by atoms with Crippen LogP contribution >= 0.6 is 0 Å². The molecule has 1 unspecified atom stereocenters. The Labute approximate surface area is 221 Å². The summed E-state index contributed by atoms with van der Waals surface area (Å²) in [6, 6.07) is 5.47. The first-order valence-corrected chi connectivity index (χ1v) is 12.4. The summed E-state index contributed by atoms with van der Waals surface area (Å²) in [5.41, 5.74) is 3.24. The van der Waals surface area contributed by atoms with Gasteiger partial charge in [-0.1, -0.05) is 12.1 Å². The Morgan fingerprint density at radius 2 is 1.95 bits per heavy atom. The van der Waals surface area contributed by atoms with Crippen molar-refractivity contribution in [1.82, 2.24) is 39.5 Å². The highest BCUT2D eigenvalue weighted by atomic mass is 19.3. The summed E-state index contributed by atoms with van der Waals surface area (Å²) in [7, 11) is 3.52. The second-order valence-corrected chi connectivity index (χ2v) is 9.23. The van der Waals surface area contributed by atoms with E-state index in [-0.39, 0.29) is 18.9 Å². The van der Waals surface area contributed by atoms with E-state index in [1.54, 1.807) is 24.7 Å². The summed E-state index contributed by atoms with van der Waals surface area (Å²) in [5, 5.41) is 18.3. The van der Waals surface area contributed by atoms with Crippen LogP contribution < -0.4 is 10.6 Å². The number of aryl methyl sites for hydroxylation is 1. The third kappa shape index (κ3) is 6.01. The standard InChI is InChI=1S/C16H17F2N9.C8H13F2NO/c1-19-14-13-9(5-7-26(13)24-16(20-2)22-14)10-3-4-11-15(21-10)27(25-23-11)8-6-12(17)18;1-6-3-4-11(7(2)12)5-8(6,9)10/h3-5,7,12H,6,8H2,1-2H3,(H2,19,20,22,24);6H,3-5H2,1-2H3. The summed E-state index contributed by atoms with van der Waals surface area (Å²) in [6.45, 7) is 2.96. The Morgan fingerprint density at radius 1 is 1.18 bits per heavy atom. The van der Waals surface area contributed by atoms with Crippen molar-refractivity contribution in [1.29, 1.82) is 0 Å². The number of nitrogens with zero attached hydrogens (tertiary/aromatic N) is 8. The van der Waals surface area contributed by atoms with Gasteiger partial charge in [0.1, 0.15) is 11.0 Å². The van der Waals surface area contributed by atoms with Gasteiger partial charge in [-0.3, -0.25) is 4.79 Å². The van der Waals surface area contributed by atoms with E-state index in [0.717, 1.165) is 11.1 Å². The van der Waals surface area contributed by atoms with E-state index in [4.69, 9.17) is 0 Å². The summed E-state index contributed by atoms with van der Waals surface area (Å²) >= 11 is 0. The number of rotatable bonds is 6. The van der Waals surface area contributed by atoms with Crippen LogP contribution in [0.1, 0.15) is 26.7 Å². The maximum absolute atomic E-state index is 13.0. The highest BCUT2D eigenvalue weighted by molar-refractivity contribution is 5.89. The van der Waals surface area contributed by atoms with Crippen LogP contribution in [-0.4, -0.2) is 84.9 Å². The molecule has 0 aliphatic carbocycles. The lowest BCUT2D eigenvalue weighted by Crippen LogP contribution is -2.49. The van der Waals surface area contributed by atoms with Crippen molar-refractivity contribution in [2.75, 3.05) is 37.8 Å². The predicted octanol–water partition coefficient (Wildman–Crippen LogP) is 3.78. The van der Waals surface area contributed by atoms with Gasteiger partial charge in [0.2, 0.25) is 18.3 Å². The summed E-state index contributed by atoms with van der Waals surface area (Å²) < 4.78 is 54.2. The maximum Gasteiger partial charge on any atom is 0.267 e. The lowest BCUT2D eigenvalue weighted by molar-refractivity contribution is -0.146. The van der Waals surface area contributed by atoms with Crippen LogP contribution in [0.3, 0.4) is 0 Å². The van der Waals surface area contributed by atoms with E-state index < -0.39 is 24.8 Å². The predicted molar refractivity (Wildman–Crippen MR) is 138 cm³/mol. The van der Waals surface area contributed by atoms with Crippen LogP contribution in [0.25, 0.3) is 27.9 Å². The minimum Gasteiger partial charge on any atom is -0.371 e. The number of aromatic nitrogens is 7. The normalized spacial score (nSPS) is 16.8. The molecular weight excluding hydrogens is 520 g/mol. The number of carbonyl (C=O) groups is 1. The Balaban J connectivity index is 0.000000247. The maximum atomic E-state index is 13.0. The third-order valence-electron chi connectivity index (χ3n) is 6.57. The molecule has 1 fully saturated rings. The first-order valence-electron chi connectivity index (χ1n) is 12.4. The zero-order valence-corrected chi connectivity index (χ0v) is 22.0. The molecule has 0 radical (unpaired) electrons. The van der Waals surface area contributed by atoms with Crippen molar-refractivity contribution < 1.29 is 22.4 Å². The number of nitrogens with one attached hydrogen (secondary N) is 2. The monoisotopic (exact) mass is 550 g/mol. The molecule has 1 atom stereocenters. The number of likely N-dealkylation sites (tertiary alicyclic amines) is 1. The summed E-state index contributed by atoms with van der Waals surface area (Å²) in [5.74, 6) is -2.45. The van der Waals surface area contributed by atoms with E-state index in [2.05, 4.69) is 36.0 Å². The molecule has 5 heterocycles. The molecule has 4 aromatic heterocycles. The molecule has 2 N–H and O–H groups in total. The largest absolute Gasteiger partial charge is 0.371 e. The van der Waals surface area contributed by atoms with Gasteiger partial charge in [-0.05, 0) is 24.6 Å². The highest BCUT2D eigenvalue weighted by Crippen LogP contribution is 2.32. The van der Waals surface area contributed by atoms with Gasteiger partial charge < -0.3 is 15.5 Å². The molecule has 1 aliphatic rings. The molecule has 0 spiro atoms. The molecule has 210 valence electrons. The molecule has 1 aliphatic heterocycles. The number of hydrogen-bond donors (Lipinski definition) is 2. The van der Waals surface area contributed by atoms with Crippen LogP contribution in [0, 0.1) is 5.92 Å². The Kier molecular flexibility index (Phi) is 8.16. The van der Waals surface area contributed by atoms with E-state index in [1.165, 1.54) is 23.4 Å². The molecule has 4 aromatic rings. The second-order valence-electron chi connectivity index (χ2n) is 9.23. The number of hydrogen-bond acceptors (Lipinski definition) is 8. The van der Waals surface area contributed by atoms with Crippen LogP contribution in [0.15, 0.2) is 24.4 Å². The van der Waals surface area contributed by atoms with Crippen LogP contribution in [0.5, 0.6) is 0 Å². The molecule has 15 heteroatoms. The Hall–Kier alpha value is -4.04. The number of carbonyl (C=O) groups excluding carboxylic acids is 1. The van der Waals surface area contributed by atoms with Crippen molar-refractivity contribution in [3.05, 3.63) is 24.4 Å². The van der Waals surface area contributed by atoms with Gasteiger partial charge in [-0.2, -0.15) is 4.98 Å². The van der Waals surface area contributed by atoms with Gasteiger partial charge in [-0.25, -0.2) is 31.7 Å². The lowest BCUT2D eigenvalue weighted by atomic mass is 9.95. The second kappa shape index (κ2) is 11.4. The summed E-state index contributed by atoms with van der Waals surface area (Å²) in [4.78, 5) is 21.0. The van der Waals surface area contributed by atoms with Crippen molar-refractivity contribution in [2.24, 2.45) is 5.92 Å². The van der Waals surface area contributed by atoms with Gasteiger partial charge in [0.15, 0.2) is 11.5 Å². The molecular formula is C24H30F4N10O. The number of alkyl halides is 4. The van der Waals surface area contributed by atoms with Crippen molar-refractivity contribution in [3.63, 3.8) is 0 Å². The fourth-order valence-electron chi connectivity index (χ4n) is 4.20. The minimum absolute atomic E-state index is 0.0531. The van der Waals surface area contributed by atoms with Crippen LogP contribution in [0.2, 0.25) is 0 Å². The fraction of sp³-hybridized carbons (Fsp3) is 0.500. The van der Waals surface area contributed by atoms with E-state index in [1.807, 2.05) is 18.3 Å². The first kappa shape index (κ1) is 28.0. The minimum atomic E-state index is -2.70. The number of pyridine rings is 1. The van der Waals surface area contributed by atoms with E-state index in [9.17, 15) is 22.4 Å². The smallest absolute Gasteiger partial charge is 0.267 e. The van der Waals surface area contributed by atoms with Crippen molar-refractivity contribution >= 4 is 34.4 Å². The molecule has 39 heavy (non-hydrogen) atoms. The SMILES string of the molecule is CC(=O)N1CCC(C)C(F)(F)C1.CNc1nc(NC)c2c(-c3ccc4nnn(CCC(F)F)c4n3)ccn2n1. The number of anilines is 2. The Bertz CT molecular complexity index is 1450. The van der Waals surface area contributed by atoms with Crippen molar-refractivity contribution in [2.45, 2.75) is 45.6 Å². The van der Waals surface area contributed by atoms with E-state index >= 15 is 0 Å². The van der Waals surface area contributed by atoms with Gasteiger partial charge in [0, 0.05) is 51.7 Å². The molecule has 11 nitrogen and oxygen atoms in total. The number of piperidine rings is 1. The van der Waals surface area contributed by atoms with Crippen molar-refractivity contribution in [3.8, 4) is 11.3 Å². The topological polar surface area (TPSA) is 118 Å². The molecule has 1 amide bonds.